The molecule has 0 aliphatic heterocycles. The number of aliphatic hydroxyl groups excluding tert-OH is 1. The van der Waals surface area contributed by atoms with Gasteiger partial charge in [-0.2, -0.15) is 0 Å². The summed E-state index contributed by atoms with van der Waals surface area (Å²) in [4.78, 5) is 0. The minimum atomic E-state index is -0.164. The quantitative estimate of drug-likeness (QED) is 0.780. The van der Waals surface area contributed by atoms with Crippen LogP contribution in [0.2, 0.25) is 0 Å². The van der Waals surface area contributed by atoms with Crippen molar-refractivity contribution in [2.75, 3.05) is 7.11 Å². The van der Waals surface area contributed by atoms with Gasteiger partial charge in [-0.3, -0.25) is 0 Å². The Kier molecular flexibility index (Phi) is 3.89. The second-order valence-corrected chi connectivity index (χ2v) is 6.84. The highest BCUT2D eigenvalue weighted by Gasteiger charge is 2.54. The first-order valence-electron chi connectivity index (χ1n) is 7.30. The molecule has 0 aromatic heterocycles. The minimum absolute atomic E-state index is 0.0334. The first-order valence-corrected chi connectivity index (χ1v) is 7.30. The van der Waals surface area contributed by atoms with E-state index in [1.54, 1.807) is 0 Å². The molecule has 0 aromatic rings. The van der Waals surface area contributed by atoms with Gasteiger partial charge in [0.15, 0.2) is 0 Å². The van der Waals surface area contributed by atoms with Gasteiger partial charge in [-0.15, -0.1) is 0 Å². The molecule has 18 heavy (non-hydrogen) atoms. The van der Waals surface area contributed by atoms with Crippen LogP contribution in [-0.2, 0) is 4.74 Å². The van der Waals surface area contributed by atoms with Gasteiger partial charge in [-0.25, -0.2) is 0 Å². The largest absolute Gasteiger partial charge is 0.393 e. The molecule has 2 fully saturated rings. The summed E-state index contributed by atoms with van der Waals surface area (Å²) < 4.78 is 5.75. The topological polar surface area (TPSA) is 29.5 Å². The monoisotopic (exact) mass is 252 g/mol. The van der Waals surface area contributed by atoms with E-state index in [2.05, 4.69) is 27.4 Å². The number of hydrogen-bond donors (Lipinski definition) is 1. The number of fused-ring (bicyclic) bond motifs is 1. The van der Waals surface area contributed by atoms with E-state index in [-0.39, 0.29) is 11.5 Å². The smallest absolute Gasteiger partial charge is 0.0628 e. The van der Waals surface area contributed by atoms with Crippen LogP contribution in [0.5, 0.6) is 0 Å². The lowest BCUT2D eigenvalue weighted by Gasteiger charge is -2.45. The van der Waals surface area contributed by atoms with Gasteiger partial charge in [0.25, 0.3) is 0 Å². The van der Waals surface area contributed by atoms with E-state index in [1.165, 1.54) is 5.57 Å². The molecule has 2 heteroatoms. The summed E-state index contributed by atoms with van der Waals surface area (Å²) in [6.07, 6.45) is 4.26. The lowest BCUT2D eigenvalue weighted by atomic mass is 9.62. The molecular weight excluding hydrogens is 224 g/mol. The Morgan fingerprint density at radius 1 is 1.39 bits per heavy atom. The number of ether oxygens (including phenoxy) is 1. The fourth-order valence-electron chi connectivity index (χ4n) is 4.53. The van der Waals surface area contributed by atoms with E-state index in [4.69, 9.17) is 4.74 Å². The van der Waals surface area contributed by atoms with Gasteiger partial charge >= 0.3 is 0 Å². The normalized spacial score (nSPS) is 42.1. The summed E-state index contributed by atoms with van der Waals surface area (Å²) in [5, 5.41) is 10.4. The molecule has 0 amide bonds. The molecule has 0 unspecified atom stereocenters. The number of hydrogen-bond acceptors (Lipinski definition) is 2. The molecule has 0 radical (unpaired) electrons. The van der Waals surface area contributed by atoms with Crippen molar-refractivity contribution in [2.24, 2.45) is 23.2 Å². The van der Waals surface area contributed by atoms with Gasteiger partial charge in [-0.1, -0.05) is 32.9 Å². The molecule has 2 aliphatic rings. The van der Waals surface area contributed by atoms with Crippen molar-refractivity contribution >= 4 is 0 Å². The maximum absolute atomic E-state index is 10.4. The molecular formula is C16H28O2. The third kappa shape index (κ3) is 2.04. The summed E-state index contributed by atoms with van der Waals surface area (Å²) in [5.41, 5.74) is 1.37. The van der Waals surface area contributed by atoms with Crippen LogP contribution < -0.4 is 0 Å². The van der Waals surface area contributed by atoms with Crippen LogP contribution in [-0.4, -0.2) is 24.4 Å². The summed E-state index contributed by atoms with van der Waals surface area (Å²) in [6.45, 7) is 11.0. The molecule has 2 nitrogen and oxygen atoms in total. The van der Waals surface area contributed by atoms with Crippen molar-refractivity contribution in [3.8, 4) is 0 Å². The average molecular weight is 252 g/mol. The predicted octanol–water partition coefficient (Wildman–Crippen LogP) is 3.40. The highest BCUT2D eigenvalue weighted by Crippen LogP contribution is 2.58. The van der Waals surface area contributed by atoms with E-state index in [1.807, 2.05) is 7.11 Å². The second kappa shape index (κ2) is 4.97. The van der Waals surface area contributed by atoms with Gasteiger partial charge in [0.05, 0.1) is 12.2 Å². The van der Waals surface area contributed by atoms with Crippen molar-refractivity contribution in [1.29, 1.82) is 0 Å². The molecule has 2 rings (SSSR count). The summed E-state index contributed by atoms with van der Waals surface area (Å²) in [6, 6.07) is 0. The highest BCUT2D eigenvalue weighted by atomic mass is 16.5. The third-order valence-electron chi connectivity index (χ3n) is 5.45. The Morgan fingerprint density at radius 2 is 2.06 bits per heavy atom. The van der Waals surface area contributed by atoms with Crippen LogP contribution in [0.15, 0.2) is 12.2 Å². The summed E-state index contributed by atoms with van der Waals surface area (Å²) >= 11 is 0. The van der Waals surface area contributed by atoms with E-state index < -0.39 is 0 Å². The van der Waals surface area contributed by atoms with E-state index in [9.17, 15) is 5.11 Å². The van der Waals surface area contributed by atoms with Crippen LogP contribution >= 0.6 is 0 Å². The maximum Gasteiger partial charge on any atom is 0.0628 e. The van der Waals surface area contributed by atoms with Crippen LogP contribution in [0.1, 0.15) is 46.5 Å². The van der Waals surface area contributed by atoms with Crippen LogP contribution in [0.4, 0.5) is 0 Å². The molecule has 0 spiro atoms. The van der Waals surface area contributed by atoms with Crippen molar-refractivity contribution in [3.05, 3.63) is 12.2 Å². The number of allylic oxidation sites excluding steroid dienone is 1. The number of rotatable bonds is 3. The van der Waals surface area contributed by atoms with Crippen LogP contribution in [0.25, 0.3) is 0 Å². The number of methoxy groups -OCH3 is 1. The molecule has 5 atom stereocenters. The Bertz CT molecular complexity index is 323. The maximum atomic E-state index is 10.4. The molecule has 0 bridgehead atoms. The Balaban J connectivity index is 2.28. The highest BCUT2D eigenvalue weighted by molar-refractivity contribution is 5.18. The fraction of sp³-hybridized carbons (Fsp3) is 0.875. The van der Waals surface area contributed by atoms with Gasteiger partial charge in [0.2, 0.25) is 0 Å². The summed E-state index contributed by atoms with van der Waals surface area (Å²) in [7, 11) is 1.82. The van der Waals surface area contributed by atoms with E-state index in [0.29, 0.717) is 23.9 Å². The second-order valence-electron chi connectivity index (χ2n) is 6.84. The molecule has 0 heterocycles. The van der Waals surface area contributed by atoms with Gasteiger partial charge in [0.1, 0.15) is 0 Å². The predicted molar refractivity (Wildman–Crippen MR) is 74.3 cm³/mol. The molecule has 1 N–H and O–H groups in total. The number of aliphatic hydroxyl groups is 1. The fourth-order valence-corrected chi connectivity index (χ4v) is 4.53. The van der Waals surface area contributed by atoms with Crippen molar-refractivity contribution in [2.45, 2.75) is 58.7 Å². The average Bonchev–Trinajstić information content (AvgIpc) is 2.65. The summed E-state index contributed by atoms with van der Waals surface area (Å²) in [5.74, 6) is 1.49. The van der Waals surface area contributed by atoms with Gasteiger partial charge < -0.3 is 9.84 Å². The van der Waals surface area contributed by atoms with Crippen LogP contribution in [0.3, 0.4) is 0 Å². The lowest BCUT2D eigenvalue weighted by molar-refractivity contribution is -0.0433. The lowest BCUT2D eigenvalue weighted by Crippen LogP contribution is -2.44. The molecule has 2 aliphatic carbocycles. The van der Waals surface area contributed by atoms with Crippen LogP contribution in [0, 0.1) is 23.2 Å². The third-order valence-corrected chi connectivity index (χ3v) is 5.45. The van der Waals surface area contributed by atoms with E-state index in [0.717, 1.165) is 25.7 Å². The van der Waals surface area contributed by atoms with Gasteiger partial charge in [-0.05, 0) is 43.4 Å². The SMILES string of the molecule is C=C1CC[C@@H](O)[C@]2(C)CC[C@H]([C@H](OC)C(C)C)[C@@H]12. The standard InChI is InChI=1S/C16H28O2/c1-10(2)15(18-5)12-8-9-16(4)13(17)7-6-11(3)14(12)16/h10,12-15,17H,3,6-9H2,1-2,4-5H3/t12-,13+,14+,15+,16-/m0/s1. The minimum Gasteiger partial charge on any atom is -0.393 e. The zero-order valence-corrected chi connectivity index (χ0v) is 12.3. The molecule has 0 aromatic carbocycles. The van der Waals surface area contributed by atoms with Gasteiger partial charge in [0, 0.05) is 12.5 Å². The molecule has 104 valence electrons. The Morgan fingerprint density at radius 3 is 2.61 bits per heavy atom. The Hall–Kier alpha value is -0.340. The molecule has 2 saturated carbocycles. The zero-order valence-electron chi connectivity index (χ0n) is 12.3. The van der Waals surface area contributed by atoms with Crippen molar-refractivity contribution in [3.63, 3.8) is 0 Å². The van der Waals surface area contributed by atoms with E-state index >= 15 is 0 Å². The van der Waals surface area contributed by atoms with Crippen molar-refractivity contribution in [1.82, 2.24) is 0 Å². The first kappa shape index (κ1) is 14.1. The Labute approximate surface area is 111 Å². The van der Waals surface area contributed by atoms with Crippen molar-refractivity contribution < 1.29 is 9.84 Å². The molecule has 0 saturated heterocycles. The first-order chi connectivity index (χ1) is 8.41. The zero-order chi connectivity index (χ0) is 13.5.